The molecule has 1 nitrogen and oxygen atoms in total. The van der Waals surface area contributed by atoms with Crippen molar-refractivity contribution >= 4 is 5.78 Å². The molecule has 13 heavy (non-hydrogen) atoms. The third-order valence-corrected chi connectivity index (χ3v) is 4.03. The molecule has 2 aliphatic carbocycles. The lowest BCUT2D eigenvalue weighted by Gasteiger charge is -2.28. The molecule has 0 spiro atoms. The van der Waals surface area contributed by atoms with Crippen LogP contribution in [0.25, 0.3) is 0 Å². The summed E-state index contributed by atoms with van der Waals surface area (Å²) in [6.45, 7) is 1.75. The fourth-order valence-corrected chi connectivity index (χ4v) is 3.48. The van der Waals surface area contributed by atoms with Crippen molar-refractivity contribution in [1.82, 2.24) is 0 Å². The van der Waals surface area contributed by atoms with Crippen LogP contribution in [0.4, 0.5) is 0 Å². The summed E-state index contributed by atoms with van der Waals surface area (Å²) in [5.74, 6) is 3.05. The van der Waals surface area contributed by atoms with Crippen LogP contribution >= 0.6 is 0 Å². The van der Waals surface area contributed by atoms with Crippen molar-refractivity contribution in [3.8, 4) is 0 Å². The predicted octanol–water partition coefficient (Wildman–Crippen LogP) is 3.18. The number of carbonyl (C=O) groups excluding carboxylic acids is 1. The third-order valence-electron chi connectivity index (χ3n) is 4.03. The van der Waals surface area contributed by atoms with E-state index in [0.717, 1.165) is 24.2 Å². The van der Waals surface area contributed by atoms with E-state index in [-0.39, 0.29) is 0 Å². The average Bonchev–Trinajstić information content (AvgIpc) is 2.48. The maximum absolute atomic E-state index is 11.1. The zero-order valence-electron chi connectivity index (χ0n) is 8.59. The van der Waals surface area contributed by atoms with Crippen LogP contribution in [0, 0.1) is 17.8 Å². The van der Waals surface area contributed by atoms with E-state index in [4.69, 9.17) is 0 Å². The molecule has 2 saturated carbocycles. The zero-order chi connectivity index (χ0) is 9.26. The summed E-state index contributed by atoms with van der Waals surface area (Å²) < 4.78 is 0. The summed E-state index contributed by atoms with van der Waals surface area (Å²) in [6.07, 6.45) is 9.30. The van der Waals surface area contributed by atoms with E-state index in [2.05, 4.69) is 0 Å². The number of hydrogen-bond donors (Lipinski definition) is 0. The Morgan fingerprint density at radius 1 is 1.15 bits per heavy atom. The number of carbonyl (C=O) groups is 1. The SMILES string of the molecule is CC(=O)CC1CCC2CCCCC21. The molecule has 0 heterocycles. The topological polar surface area (TPSA) is 17.1 Å². The van der Waals surface area contributed by atoms with E-state index in [1.54, 1.807) is 6.92 Å². The van der Waals surface area contributed by atoms with Gasteiger partial charge in [0.15, 0.2) is 0 Å². The van der Waals surface area contributed by atoms with Gasteiger partial charge in [-0.05, 0) is 43.9 Å². The molecule has 1 heteroatoms. The Kier molecular flexibility index (Phi) is 2.71. The summed E-state index contributed by atoms with van der Waals surface area (Å²) in [7, 11) is 0. The fourth-order valence-electron chi connectivity index (χ4n) is 3.48. The van der Waals surface area contributed by atoms with Gasteiger partial charge in [0, 0.05) is 6.42 Å². The molecule has 0 bridgehead atoms. The van der Waals surface area contributed by atoms with Gasteiger partial charge < -0.3 is 4.79 Å². The van der Waals surface area contributed by atoms with E-state index >= 15 is 0 Å². The minimum Gasteiger partial charge on any atom is -0.300 e. The van der Waals surface area contributed by atoms with Gasteiger partial charge in [0.05, 0.1) is 0 Å². The van der Waals surface area contributed by atoms with E-state index in [1.807, 2.05) is 0 Å². The fraction of sp³-hybridized carbons (Fsp3) is 0.917. The van der Waals surface area contributed by atoms with Crippen molar-refractivity contribution in [2.45, 2.75) is 51.9 Å². The van der Waals surface area contributed by atoms with Crippen LogP contribution in [0.5, 0.6) is 0 Å². The van der Waals surface area contributed by atoms with E-state index in [9.17, 15) is 4.79 Å². The molecule has 2 aliphatic rings. The lowest BCUT2D eigenvalue weighted by atomic mass is 9.77. The molecule has 74 valence electrons. The second-order valence-electron chi connectivity index (χ2n) is 4.95. The summed E-state index contributed by atoms with van der Waals surface area (Å²) in [4.78, 5) is 11.1. The van der Waals surface area contributed by atoms with Crippen LogP contribution in [0.15, 0.2) is 0 Å². The molecule has 0 N–H and O–H groups in total. The molecule has 2 fully saturated rings. The normalized spacial score (nSPS) is 38.7. The largest absolute Gasteiger partial charge is 0.300 e. The summed E-state index contributed by atoms with van der Waals surface area (Å²) in [6, 6.07) is 0. The number of fused-ring (bicyclic) bond motifs is 1. The van der Waals surface area contributed by atoms with Gasteiger partial charge in [0.25, 0.3) is 0 Å². The van der Waals surface area contributed by atoms with Gasteiger partial charge in [-0.2, -0.15) is 0 Å². The number of Topliss-reactive ketones (excluding diaryl/α,β-unsaturated/α-hetero) is 1. The van der Waals surface area contributed by atoms with Crippen LogP contribution < -0.4 is 0 Å². The first-order chi connectivity index (χ1) is 6.27. The molecule has 0 aliphatic heterocycles. The Morgan fingerprint density at radius 2 is 1.92 bits per heavy atom. The average molecular weight is 180 g/mol. The van der Waals surface area contributed by atoms with Crippen molar-refractivity contribution in [2.75, 3.05) is 0 Å². The van der Waals surface area contributed by atoms with Crippen LogP contribution in [0.3, 0.4) is 0 Å². The number of ketones is 1. The second-order valence-corrected chi connectivity index (χ2v) is 4.95. The Morgan fingerprint density at radius 3 is 2.69 bits per heavy atom. The van der Waals surface area contributed by atoms with Crippen molar-refractivity contribution in [1.29, 1.82) is 0 Å². The highest BCUT2D eigenvalue weighted by Crippen LogP contribution is 2.47. The first kappa shape index (κ1) is 9.23. The van der Waals surface area contributed by atoms with E-state index in [1.165, 1.54) is 38.5 Å². The molecule has 3 atom stereocenters. The van der Waals surface area contributed by atoms with Crippen molar-refractivity contribution in [3.63, 3.8) is 0 Å². The second kappa shape index (κ2) is 3.81. The number of rotatable bonds is 2. The zero-order valence-corrected chi connectivity index (χ0v) is 8.59. The molecular weight excluding hydrogens is 160 g/mol. The van der Waals surface area contributed by atoms with Crippen LogP contribution in [0.1, 0.15) is 51.9 Å². The van der Waals surface area contributed by atoms with Gasteiger partial charge in [-0.15, -0.1) is 0 Å². The molecule has 0 radical (unpaired) electrons. The van der Waals surface area contributed by atoms with Crippen molar-refractivity contribution in [3.05, 3.63) is 0 Å². The van der Waals surface area contributed by atoms with E-state index < -0.39 is 0 Å². The van der Waals surface area contributed by atoms with Crippen LogP contribution in [0.2, 0.25) is 0 Å². The molecule has 0 aromatic carbocycles. The maximum Gasteiger partial charge on any atom is 0.130 e. The smallest absolute Gasteiger partial charge is 0.130 e. The molecule has 0 amide bonds. The van der Waals surface area contributed by atoms with E-state index in [0.29, 0.717) is 5.78 Å². The van der Waals surface area contributed by atoms with Gasteiger partial charge in [0.1, 0.15) is 5.78 Å². The summed E-state index contributed by atoms with van der Waals surface area (Å²) >= 11 is 0. The highest BCUT2D eigenvalue weighted by atomic mass is 16.1. The predicted molar refractivity (Wildman–Crippen MR) is 53.5 cm³/mol. The minimum absolute atomic E-state index is 0.399. The lowest BCUT2D eigenvalue weighted by molar-refractivity contribution is -0.118. The monoisotopic (exact) mass is 180 g/mol. The summed E-state index contributed by atoms with van der Waals surface area (Å²) in [5.41, 5.74) is 0. The molecule has 0 saturated heterocycles. The lowest BCUT2D eigenvalue weighted by Crippen LogP contribution is -2.20. The first-order valence-electron chi connectivity index (χ1n) is 5.77. The Labute approximate surface area is 80.9 Å². The Bertz CT molecular complexity index is 197. The number of hydrogen-bond acceptors (Lipinski definition) is 1. The molecule has 2 rings (SSSR count). The van der Waals surface area contributed by atoms with Gasteiger partial charge >= 0.3 is 0 Å². The highest BCUT2D eigenvalue weighted by molar-refractivity contribution is 5.75. The van der Waals surface area contributed by atoms with Crippen molar-refractivity contribution in [2.24, 2.45) is 17.8 Å². The molecule has 0 aromatic heterocycles. The maximum atomic E-state index is 11.1. The van der Waals surface area contributed by atoms with Gasteiger partial charge in [-0.3, -0.25) is 0 Å². The van der Waals surface area contributed by atoms with Crippen LogP contribution in [-0.2, 0) is 4.79 Å². The molecule has 0 aromatic rings. The van der Waals surface area contributed by atoms with Crippen LogP contribution in [-0.4, -0.2) is 5.78 Å². The van der Waals surface area contributed by atoms with Gasteiger partial charge in [-0.25, -0.2) is 0 Å². The first-order valence-corrected chi connectivity index (χ1v) is 5.77. The Hall–Kier alpha value is -0.330. The standard InChI is InChI=1S/C12H20O/c1-9(13)8-11-7-6-10-4-2-3-5-12(10)11/h10-12H,2-8H2,1H3. The quantitative estimate of drug-likeness (QED) is 0.638. The molecule has 3 unspecified atom stereocenters. The minimum atomic E-state index is 0.399. The third kappa shape index (κ3) is 1.95. The summed E-state index contributed by atoms with van der Waals surface area (Å²) in [5, 5.41) is 0. The van der Waals surface area contributed by atoms with Crippen molar-refractivity contribution < 1.29 is 4.79 Å². The molecular formula is C12H20O. The highest BCUT2D eigenvalue weighted by Gasteiger charge is 2.37. The van der Waals surface area contributed by atoms with Gasteiger partial charge in [0.2, 0.25) is 0 Å². The Balaban J connectivity index is 1.94. The van der Waals surface area contributed by atoms with Gasteiger partial charge in [-0.1, -0.05) is 19.3 Å².